The first-order valence-corrected chi connectivity index (χ1v) is 9.39. The van der Waals surface area contributed by atoms with Gasteiger partial charge in [0.05, 0.1) is 27.7 Å². The molecule has 4 rings (SSSR count). The second-order valence-corrected chi connectivity index (χ2v) is 7.64. The number of alkyl halides is 3. The molecule has 0 aromatic heterocycles. The summed E-state index contributed by atoms with van der Waals surface area (Å²) in [6.07, 6.45) is -3.38. The SMILES string of the molecule is O=c1c2c(-c3ccc(Cl)cc3)n(-c3ccc(Cl)cc3Cl)[nH]c-2cn1CC(F)(F)F. The Bertz CT molecular complexity index is 1220. The summed E-state index contributed by atoms with van der Waals surface area (Å²) < 4.78 is 40.7. The molecule has 150 valence electrons. The minimum atomic E-state index is -4.52. The summed E-state index contributed by atoms with van der Waals surface area (Å²) >= 11 is 18.2. The molecule has 0 bridgehead atoms. The zero-order valence-corrected chi connectivity index (χ0v) is 16.7. The zero-order valence-electron chi connectivity index (χ0n) is 14.4. The van der Waals surface area contributed by atoms with Crippen LogP contribution < -0.4 is 5.56 Å². The maximum absolute atomic E-state index is 12.8. The van der Waals surface area contributed by atoms with Gasteiger partial charge in [0.25, 0.3) is 5.56 Å². The molecule has 0 saturated heterocycles. The van der Waals surface area contributed by atoms with Crippen molar-refractivity contribution in [3.63, 3.8) is 0 Å². The Hall–Kier alpha value is -2.35. The van der Waals surface area contributed by atoms with Crippen molar-refractivity contribution in [2.75, 3.05) is 0 Å². The van der Waals surface area contributed by atoms with Gasteiger partial charge in [-0.05, 0) is 30.3 Å². The average Bonchev–Trinajstić information content (AvgIpc) is 3.11. The number of H-pyrrole nitrogens is 1. The van der Waals surface area contributed by atoms with E-state index in [1.165, 1.54) is 6.07 Å². The van der Waals surface area contributed by atoms with Gasteiger partial charge in [-0.15, -0.1) is 0 Å². The second kappa shape index (κ2) is 7.16. The number of benzene rings is 2. The van der Waals surface area contributed by atoms with E-state index < -0.39 is 18.3 Å². The Balaban J connectivity index is 2.01. The van der Waals surface area contributed by atoms with Crippen LogP contribution in [-0.2, 0) is 6.54 Å². The van der Waals surface area contributed by atoms with Crippen molar-refractivity contribution in [3.05, 3.63) is 74.1 Å². The number of hydrogen-bond acceptors (Lipinski definition) is 1. The molecule has 1 N–H and O–H groups in total. The molecule has 10 heteroatoms. The quantitative estimate of drug-likeness (QED) is 0.385. The van der Waals surface area contributed by atoms with Crippen LogP contribution >= 0.6 is 34.8 Å². The molecule has 0 saturated carbocycles. The van der Waals surface area contributed by atoms with E-state index in [9.17, 15) is 18.0 Å². The first-order chi connectivity index (χ1) is 13.6. The van der Waals surface area contributed by atoms with Crippen LogP contribution in [0.15, 0.2) is 53.5 Å². The van der Waals surface area contributed by atoms with Crippen molar-refractivity contribution >= 4 is 34.8 Å². The maximum Gasteiger partial charge on any atom is 0.406 e. The normalized spacial score (nSPS) is 12.1. The Labute approximate surface area is 177 Å². The second-order valence-electron chi connectivity index (χ2n) is 6.36. The van der Waals surface area contributed by atoms with E-state index in [0.717, 1.165) is 6.20 Å². The van der Waals surface area contributed by atoms with Gasteiger partial charge in [-0.3, -0.25) is 14.6 Å². The van der Waals surface area contributed by atoms with Gasteiger partial charge >= 0.3 is 6.18 Å². The molecule has 0 radical (unpaired) electrons. The first kappa shape index (κ1) is 19.9. The molecule has 2 aliphatic heterocycles. The van der Waals surface area contributed by atoms with Gasteiger partial charge in [-0.2, -0.15) is 13.2 Å². The van der Waals surface area contributed by atoms with E-state index in [2.05, 4.69) is 5.10 Å². The zero-order chi connectivity index (χ0) is 20.9. The van der Waals surface area contributed by atoms with Gasteiger partial charge in [0.1, 0.15) is 6.54 Å². The fraction of sp³-hybridized carbons (Fsp3) is 0.105. The summed E-state index contributed by atoms with van der Waals surface area (Å²) in [7, 11) is 0. The van der Waals surface area contributed by atoms with Crippen molar-refractivity contribution < 1.29 is 13.2 Å². The number of hydrogen-bond donors (Lipinski definition) is 1. The van der Waals surface area contributed by atoms with Gasteiger partial charge in [0.2, 0.25) is 0 Å². The van der Waals surface area contributed by atoms with E-state index in [0.29, 0.717) is 36.6 Å². The molecular weight excluding hydrogens is 450 g/mol. The molecule has 2 heterocycles. The number of halogens is 6. The van der Waals surface area contributed by atoms with Crippen LogP contribution in [0.4, 0.5) is 13.2 Å². The van der Waals surface area contributed by atoms with Crippen LogP contribution in [0.5, 0.6) is 0 Å². The number of rotatable bonds is 3. The van der Waals surface area contributed by atoms with Gasteiger partial charge < -0.3 is 4.57 Å². The van der Waals surface area contributed by atoms with Gasteiger partial charge in [0.15, 0.2) is 0 Å². The first-order valence-electron chi connectivity index (χ1n) is 8.26. The van der Waals surface area contributed by atoms with E-state index in [4.69, 9.17) is 34.8 Å². The van der Waals surface area contributed by atoms with Crippen LogP contribution in [0.25, 0.3) is 28.2 Å². The summed E-state index contributed by atoms with van der Waals surface area (Å²) in [6, 6.07) is 11.4. The highest BCUT2D eigenvalue weighted by Gasteiger charge is 2.32. The highest BCUT2D eigenvalue weighted by molar-refractivity contribution is 6.35. The van der Waals surface area contributed by atoms with Gasteiger partial charge in [-0.1, -0.05) is 46.9 Å². The van der Waals surface area contributed by atoms with Crippen molar-refractivity contribution in [1.29, 1.82) is 0 Å². The number of aromatic nitrogens is 3. The van der Waals surface area contributed by atoms with Crippen molar-refractivity contribution in [3.8, 4) is 28.2 Å². The molecule has 2 aromatic carbocycles. The predicted octanol–water partition coefficient (Wildman–Crippen LogP) is 6.26. The summed E-state index contributed by atoms with van der Waals surface area (Å²) in [5.74, 6) is 0. The fourth-order valence-corrected chi connectivity index (χ4v) is 3.79. The number of aromatic amines is 1. The average molecular weight is 461 g/mol. The molecule has 0 aliphatic carbocycles. The Kier molecular flexibility index (Phi) is 4.93. The van der Waals surface area contributed by atoms with E-state index in [1.807, 2.05) is 0 Å². The topological polar surface area (TPSA) is 42.7 Å². The summed E-state index contributed by atoms with van der Waals surface area (Å²) in [5.41, 5.74) is 1.03. The van der Waals surface area contributed by atoms with Crippen LogP contribution in [-0.4, -0.2) is 20.5 Å². The molecule has 2 aliphatic rings. The van der Waals surface area contributed by atoms with E-state index >= 15 is 0 Å². The molecule has 0 fully saturated rings. The number of fused-ring (bicyclic) bond motifs is 1. The Morgan fingerprint density at radius 1 is 0.966 bits per heavy atom. The van der Waals surface area contributed by atoms with Crippen LogP contribution in [0.3, 0.4) is 0 Å². The van der Waals surface area contributed by atoms with E-state index in [1.54, 1.807) is 41.1 Å². The summed E-state index contributed by atoms with van der Waals surface area (Å²) in [5, 5.41) is 4.17. The molecule has 0 unspecified atom stereocenters. The molecule has 0 spiro atoms. The highest BCUT2D eigenvalue weighted by Crippen LogP contribution is 2.37. The maximum atomic E-state index is 12.8. The minimum absolute atomic E-state index is 0.114. The highest BCUT2D eigenvalue weighted by atomic mass is 35.5. The van der Waals surface area contributed by atoms with Crippen LogP contribution in [0.1, 0.15) is 0 Å². The van der Waals surface area contributed by atoms with Crippen LogP contribution in [0.2, 0.25) is 15.1 Å². The lowest BCUT2D eigenvalue weighted by Gasteiger charge is -2.12. The molecule has 0 amide bonds. The third kappa shape index (κ3) is 3.77. The van der Waals surface area contributed by atoms with Gasteiger partial charge in [0, 0.05) is 21.8 Å². The minimum Gasteiger partial charge on any atom is -0.304 e. The lowest BCUT2D eigenvalue weighted by molar-refractivity contribution is -0.141. The smallest absolute Gasteiger partial charge is 0.304 e. The molecule has 29 heavy (non-hydrogen) atoms. The monoisotopic (exact) mass is 459 g/mol. The lowest BCUT2D eigenvalue weighted by atomic mass is 10.1. The molecule has 2 aromatic rings. The van der Waals surface area contributed by atoms with Crippen molar-refractivity contribution in [1.82, 2.24) is 14.3 Å². The van der Waals surface area contributed by atoms with Crippen LogP contribution in [0, 0.1) is 0 Å². The summed E-state index contributed by atoms with van der Waals surface area (Å²) in [6.45, 7) is -1.38. The predicted molar refractivity (Wildman–Crippen MR) is 108 cm³/mol. The molecule has 4 nitrogen and oxygen atoms in total. The third-order valence-electron chi connectivity index (χ3n) is 4.34. The number of nitrogens with one attached hydrogen (secondary N) is 1. The Morgan fingerprint density at radius 3 is 2.24 bits per heavy atom. The van der Waals surface area contributed by atoms with Gasteiger partial charge in [-0.25, -0.2) is 0 Å². The van der Waals surface area contributed by atoms with E-state index in [-0.39, 0.29) is 11.3 Å². The standard InChI is InChI=1S/C19H11Cl3F3N3O/c20-11-3-1-10(2-4-11)17-16-14(8-27(18(16)29)9-19(23,24)25)26-28(17)15-6-5-12(21)7-13(15)22/h1-8,26H,9H2. The Morgan fingerprint density at radius 2 is 1.62 bits per heavy atom. The molecular formula is C19H11Cl3F3N3O. The summed E-state index contributed by atoms with van der Waals surface area (Å²) in [4.78, 5) is 12.8. The molecule has 0 atom stereocenters. The van der Waals surface area contributed by atoms with Crippen molar-refractivity contribution in [2.24, 2.45) is 0 Å². The largest absolute Gasteiger partial charge is 0.406 e. The van der Waals surface area contributed by atoms with Crippen molar-refractivity contribution in [2.45, 2.75) is 12.7 Å². The fourth-order valence-electron chi connectivity index (χ4n) is 3.17. The number of nitrogens with zero attached hydrogens (tertiary/aromatic N) is 2. The third-order valence-corrected chi connectivity index (χ3v) is 5.13. The lowest BCUT2D eigenvalue weighted by Crippen LogP contribution is -2.25.